The maximum atomic E-state index is 8.05. The summed E-state index contributed by atoms with van der Waals surface area (Å²) in [6, 6.07) is 0. The minimum absolute atomic E-state index is 1.21. The summed E-state index contributed by atoms with van der Waals surface area (Å²) in [4.78, 5) is 0. The van der Waals surface area contributed by atoms with Gasteiger partial charge in [0.25, 0.3) is 0 Å². The molecule has 0 aliphatic carbocycles. The zero-order chi connectivity index (χ0) is 4.99. The zero-order valence-electron chi connectivity index (χ0n) is 4.02. The second-order valence-electron chi connectivity index (χ2n) is 0.523. The smallest absolute Gasteiger partial charge is 0.104 e. The van der Waals surface area contributed by atoms with Crippen molar-refractivity contribution in [3.05, 3.63) is 0 Å². The molecule has 0 fully saturated rings. The van der Waals surface area contributed by atoms with E-state index in [1.165, 1.54) is 0 Å². The maximum Gasteiger partial charge on any atom is 0.104 e. The third-order valence-electron chi connectivity index (χ3n) is 0.209. The molecule has 0 aromatic rings. The van der Waals surface area contributed by atoms with Crippen LogP contribution in [0.25, 0.3) is 0 Å². The molecule has 0 aliphatic heterocycles. The second kappa shape index (κ2) is 3.52. The van der Waals surface area contributed by atoms with Gasteiger partial charge in [0.15, 0.2) is 0 Å². The van der Waals surface area contributed by atoms with E-state index < -0.39 is 6.58 Å². The van der Waals surface area contributed by atoms with E-state index in [1.54, 1.807) is 6.92 Å². The van der Waals surface area contributed by atoms with E-state index in [0.29, 0.717) is 0 Å². The predicted molar refractivity (Wildman–Crippen MR) is 20.5 cm³/mol. The summed E-state index contributed by atoms with van der Waals surface area (Å²) >= 11 is 0. The lowest BCUT2D eigenvalue weighted by molar-refractivity contribution is 0.350. The highest BCUT2D eigenvalue weighted by atomic mass is 16.2. The van der Waals surface area contributed by atoms with Crippen molar-refractivity contribution in [1.82, 2.24) is 0 Å². The standard InChI is InChI=1S/C4H6O/c1-2-3-4-5/h5H,4H2,1H3/i4D. The highest BCUT2D eigenvalue weighted by Crippen LogP contribution is 1.44. The first-order chi connectivity index (χ1) is 2.77. The molecule has 0 aromatic heterocycles. The Morgan fingerprint density at radius 1 is 2.20 bits per heavy atom. The lowest BCUT2D eigenvalue weighted by Crippen LogP contribution is -1.66. The number of aliphatic hydroxyl groups is 1. The molecule has 0 aliphatic rings. The average molecular weight is 71.1 g/mol. The molecule has 1 unspecified atom stereocenters. The SMILES string of the molecule is [2H]C(O)C#CC. The van der Waals surface area contributed by atoms with Crippen LogP contribution in [0.5, 0.6) is 0 Å². The molecule has 0 saturated carbocycles. The van der Waals surface area contributed by atoms with Crippen LogP contribution in [0.3, 0.4) is 0 Å². The summed E-state index contributed by atoms with van der Waals surface area (Å²) in [5.74, 6) is 4.56. The summed E-state index contributed by atoms with van der Waals surface area (Å²) in [5, 5.41) is 8.05. The molecule has 1 heteroatoms. The van der Waals surface area contributed by atoms with Crippen LogP contribution in [0.2, 0.25) is 0 Å². The Hall–Kier alpha value is -0.480. The molecule has 0 rings (SSSR count). The van der Waals surface area contributed by atoms with Crippen LogP contribution < -0.4 is 0 Å². The first-order valence-corrected chi connectivity index (χ1v) is 1.30. The Bertz CT molecular complexity index is 77.3. The largest absolute Gasteiger partial charge is 0.384 e. The Balaban J connectivity index is 3.20. The fourth-order valence-electron chi connectivity index (χ4n) is 0.0645. The van der Waals surface area contributed by atoms with Crippen molar-refractivity contribution in [1.29, 1.82) is 0 Å². The molecule has 0 saturated heterocycles. The third-order valence-corrected chi connectivity index (χ3v) is 0.209. The Kier molecular flexibility index (Phi) is 1.93. The van der Waals surface area contributed by atoms with Crippen LogP contribution in [-0.2, 0) is 0 Å². The van der Waals surface area contributed by atoms with Gasteiger partial charge < -0.3 is 5.11 Å². The van der Waals surface area contributed by atoms with Crippen molar-refractivity contribution in [2.24, 2.45) is 0 Å². The van der Waals surface area contributed by atoms with Gasteiger partial charge >= 0.3 is 0 Å². The molecule has 1 nitrogen and oxygen atoms in total. The van der Waals surface area contributed by atoms with E-state index in [0.717, 1.165) is 0 Å². The van der Waals surface area contributed by atoms with Gasteiger partial charge in [0.1, 0.15) is 6.58 Å². The number of aliphatic hydroxyl groups excluding tert-OH is 1. The van der Waals surface area contributed by atoms with E-state index in [2.05, 4.69) is 11.8 Å². The highest BCUT2D eigenvalue weighted by Gasteiger charge is 1.48. The minimum atomic E-state index is -1.21. The van der Waals surface area contributed by atoms with Gasteiger partial charge in [-0.25, -0.2) is 0 Å². The highest BCUT2D eigenvalue weighted by molar-refractivity contribution is 4.93. The molecule has 0 aromatic carbocycles. The monoisotopic (exact) mass is 71.0 g/mol. The molecule has 0 bridgehead atoms. The van der Waals surface area contributed by atoms with Gasteiger partial charge in [-0.3, -0.25) is 0 Å². The molecule has 1 N–H and O–H groups in total. The average Bonchev–Trinajstić information content (AvgIpc) is 1.35. The van der Waals surface area contributed by atoms with Gasteiger partial charge in [-0.2, -0.15) is 0 Å². The fourth-order valence-corrected chi connectivity index (χ4v) is 0.0645. The number of hydrogen-bond donors (Lipinski definition) is 1. The van der Waals surface area contributed by atoms with Gasteiger partial charge in [0.2, 0.25) is 0 Å². The number of hydrogen-bond acceptors (Lipinski definition) is 1. The summed E-state index contributed by atoms with van der Waals surface area (Å²) in [5.41, 5.74) is 0. The van der Waals surface area contributed by atoms with Crippen molar-refractivity contribution < 1.29 is 6.48 Å². The molecule has 28 valence electrons. The third kappa shape index (κ3) is 3.52. The van der Waals surface area contributed by atoms with Crippen molar-refractivity contribution >= 4 is 0 Å². The predicted octanol–water partition coefficient (Wildman–Crippen LogP) is 0.00200. The molecule has 1 atom stereocenters. The first kappa shape index (κ1) is 2.74. The Morgan fingerprint density at radius 2 is 2.80 bits per heavy atom. The van der Waals surface area contributed by atoms with Gasteiger partial charge in [-0.1, -0.05) is 5.92 Å². The van der Waals surface area contributed by atoms with Crippen LogP contribution in [0.1, 0.15) is 8.29 Å². The van der Waals surface area contributed by atoms with Crippen LogP contribution in [-0.4, -0.2) is 11.7 Å². The van der Waals surface area contributed by atoms with Crippen molar-refractivity contribution in [3.63, 3.8) is 0 Å². The van der Waals surface area contributed by atoms with Crippen molar-refractivity contribution in [3.8, 4) is 11.8 Å². The van der Waals surface area contributed by atoms with Gasteiger partial charge in [-0.15, -0.1) is 5.92 Å². The quantitative estimate of drug-likeness (QED) is 0.398. The lowest BCUT2D eigenvalue weighted by atomic mass is 10.6. The summed E-state index contributed by atoms with van der Waals surface area (Å²) in [6.07, 6.45) is 0. The summed E-state index contributed by atoms with van der Waals surface area (Å²) in [7, 11) is 0. The van der Waals surface area contributed by atoms with Crippen LogP contribution in [0, 0.1) is 11.8 Å². The van der Waals surface area contributed by atoms with Crippen molar-refractivity contribution in [2.75, 3.05) is 6.58 Å². The topological polar surface area (TPSA) is 20.2 Å². The molecule has 0 radical (unpaired) electrons. The van der Waals surface area contributed by atoms with Crippen LogP contribution in [0.15, 0.2) is 0 Å². The van der Waals surface area contributed by atoms with Gasteiger partial charge in [-0.05, 0) is 6.92 Å². The molecule has 0 spiro atoms. The molecule has 5 heavy (non-hydrogen) atoms. The van der Waals surface area contributed by atoms with E-state index in [4.69, 9.17) is 6.48 Å². The molecular formula is C4H6O. The fraction of sp³-hybridized carbons (Fsp3) is 0.500. The van der Waals surface area contributed by atoms with Gasteiger partial charge in [0.05, 0.1) is 1.37 Å². The minimum Gasteiger partial charge on any atom is -0.384 e. The summed E-state index contributed by atoms with van der Waals surface area (Å²) < 4.78 is 6.36. The Labute approximate surface area is 33.0 Å². The Morgan fingerprint density at radius 3 is 2.80 bits per heavy atom. The number of rotatable bonds is 0. The zero-order valence-corrected chi connectivity index (χ0v) is 3.02. The summed E-state index contributed by atoms with van der Waals surface area (Å²) in [6.45, 7) is 0.368. The molecule has 0 amide bonds. The van der Waals surface area contributed by atoms with E-state index in [-0.39, 0.29) is 0 Å². The first-order valence-electron chi connectivity index (χ1n) is 1.87. The molecular weight excluding hydrogens is 64.0 g/mol. The van der Waals surface area contributed by atoms with Gasteiger partial charge in [0, 0.05) is 0 Å². The molecule has 0 heterocycles. The van der Waals surface area contributed by atoms with E-state index in [9.17, 15) is 0 Å². The van der Waals surface area contributed by atoms with Crippen LogP contribution in [0.4, 0.5) is 0 Å². The van der Waals surface area contributed by atoms with E-state index in [1.807, 2.05) is 0 Å². The van der Waals surface area contributed by atoms with Crippen LogP contribution >= 0.6 is 0 Å². The maximum absolute atomic E-state index is 8.05. The second-order valence-corrected chi connectivity index (χ2v) is 0.523. The van der Waals surface area contributed by atoms with E-state index >= 15 is 0 Å². The normalized spacial score (nSPS) is 14.4. The van der Waals surface area contributed by atoms with Crippen molar-refractivity contribution in [2.45, 2.75) is 6.92 Å². The lowest BCUT2D eigenvalue weighted by Gasteiger charge is -1.60.